The molecule has 0 fully saturated rings. The van der Waals surface area contributed by atoms with Crippen LogP contribution in [0.1, 0.15) is 22.8 Å². The Bertz CT molecular complexity index is 841. The highest BCUT2D eigenvalue weighted by Gasteiger charge is 2.21. The van der Waals surface area contributed by atoms with E-state index in [1.165, 1.54) is 7.11 Å². The van der Waals surface area contributed by atoms with Crippen LogP contribution in [-0.4, -0.2) is 36.3 Å². The number of aryl methyl sites for hydroxylation is 2. The van der Waals surface area contributed by atoms with Gasteiger partial charge in [-0.3, -0.25) is 0 Å². The molecule has 7 heteroatoms. The van der Waals surface area contributed by atoms with Gasteiger partial charge < -0.3 is 14.2 Å². The maximum atomic E-state index is 12.7. The van der Waals surface area contributed by atoms with E-state index in [4.69, 9.17) is 14.2 Å². The summed E-state index contributed by atoms with van der Waals surface area (Å²) >= 11 is 0. The monoisotopic (exact) mass is 379 g/mol. The second-order valence-electron chi connectivity index (χ2n) is 5.91. The molecule has 0 aromatic heterocycles. The maximum Gasteiger partial charge on any atom is 0.240 e. The molecule has 0 saturated carbocycles. The van der Waals surface area contributed by atoms with Crippen LogP contribution in [0.2, 0.25) is 0 Å². The minimum absolute atomic E-state index is 0.0866. The molecule has 0 radical (unpaired) electrons. The summed E-state index contributed by atoms with van der Waals surface area (Å²) in [6, 6.07) is 10.6. The van der Waals surface area contributed by atoms with Crippen molar-refractivity contribution in [3.05, 3.63) is 53.1 Å². The molecule has 0 saturated heterocycles. The van der Waals surface area contributed by atoms with Gasteiger partial charge in [0.15, 0.2) is 0 Å². The van der Waals surface area contributed by atoms with Crippen molar-refractivity contribution in [2.75, 3.05) is 27.9 Å². The van der Waals surface area contributed by atoms with Gasteiger partial charge in [0, 0.05) is 19.2 Å². The molecule has 26 heavy (non-hydrogen) atoms. The predicted octanol–water partition coefficient (Wildman–Crippen LogP) is 2.99. The Balaban J connectivity index is 2.24. The second kappa shape index (κ2) is 8.53. The van der Waals surface area contributed by atoms with E-state index in [-0.39, 0.29) is 11.4 Å². The fourth-order valence-electron chi connectivity index (χ4n) is 2.91. The summed E-state index contributed by atoms with van der Waals surface area (Å²) in [5, 5.41) is 0. The Kier molecular flexibility index (Phi) is 6.63. The maximum absolute atomic E-state index is 12.7. The van der Waals surface area contributed by atoms with Crippen LogP contribution in [0.25, 0.3) is 0 Å². The van der Waals surface area contributed by atoms with Gasteiger partial charge in [-0.2, -0.15) is 0 Å². The largest absolute Gasteiger partial charge is 0.496 e. The first-order valence-corrected chi connectivity index (χ1v) is 9.63. The Morgan fingerprint density at radius 2 is 1.62 bits per heavy atom. The first kappa shape index (κ1) is 20.2. The molecule has 6 nitrogen and oxygen atoms in total. The van der Waals surface area contributed by atoms with Crippen LogP contribution in [0, 0.1) is 13.8 Å². The molecule has 0 aliphatic rings. The lowest BCUT2D eigenvalue weighted by Gasteiger charge is -2.19. The lowest BCUT2D eigenvalue weighted by Crippen LogP contribution is -2.29. The van der Waals surface area contributed by atoms with Gasteiger partial charge in [-0.25, -0.2) is 13.1 Å². The van der Waals surface area contributed by atoms with E-state index in [0.717, 1.165) is 16.7 Å². The zero-order valence-corrected chi connectivity index (χ0v) is 16.5. The quantitative estimate of drug-likeness (QED) is 0.763. The third-order valence-electron chi connectivity index (χ3n) is 4.18. The SMILES string of the molecule is COc1ccccc1C(CNS(=O)(=O)c1cc(C)c(OC)c(C)c1)OC. The fraction of sp³-hybridized carbons (Fsp3) is 0.368. The standard InChI is InChI=1S/C19H25NO5S/c1-13-10-15(11-14(2)19(13)25-5)26(21,22)20-12-18(24-4)16-8-6-7-9-17(16)23-3/h6-11,18,20H,12H2,1-5H3. The van der Waals surface area contributed by atoms with Crippen molar-refractivity contribution in [2.45, 2.75) is 24.8 Å². The van der Waals surface area contributed by atoms with Crippen LogP contribution in [0.3, 0.4) is 0 Å². The first-order chi connectivity index (χ1) is 12.3. The zero-order chi connectivity index (χ0) is 19.3. The van der Waals surface area contributed by atoms with Crippen LogP contribution in [-0.2, 0) is 14.8 Å². The molecule has 1 N–H and O–H groups in total. The van der Waals surface area contributed by atoms with Gasteiger partial charge in [0.25, 0.3) is 0 Å². The minimum Gasteiger partial charge on any atom is -0.496 e. The molecule has 0 spiro atoms. The normalized spacial score (nSPS) is 12.7. The van der Waals surface area contributed by atoms with Crippen LogP contribution in [0.4, 0.5) is 0 Å². The van der Waals surface area contributed by atoms with Gasteiger partial charge in [-0.05, 0) is 43.2 Å². The molecule has 142 valence electrons. The number of hydrogen-bond donors (Lipinski definition) is 1. The number of rotatable bonds is 8. The Hall–Kier alpha value is -2.09. The average Bonchev–Trinajstić information content (AvgIpc) is 2.62. The molecule has 0 aliphatic carbocycles. The summed E-state index contributed by atoms with van der Waals surface area (Å²) in [6.45, 7) is 3.72. The first-order valence-electron chi connectivity index (χ1n) is 8.14. The Morgan fingerprint density at radius 1 is 1.00 bits per heavy atom. The van der Waals surface area contributed by atoms with Crippen molar-refractivity contribution < 1.29 is 22.6 Å². The van der Waals surface area contributed by atoms with Gasteiger partial charge in [0.1, 0.15) is 11.5 Å². The van der Waals surface area contributed by atoms with E-state index in [1.807, 2.05) is 38.1 Å². The predicted molar refractivity (Wildman–Crippen MR) is 100 cm³/mol. The molecule has 2 rings (SSSR count). The smallest absolute Gasteiger partial charge is 0.240 e. The van der Waals surface area contributed by atoms with E-state index < -0.39 is 16.1 Å². The molecule has 1 unspecified atom stereocenters. The molecule has 0 amide bonds. The van der Waals surface area contributed by atoms with E-state index in [2.05, 4.69) is 4.72 Å². The third-order valence-corrected chi connectivity index (χ3v) is 5.58. The summed E-state index contributed by atoms with van der Waals surface area (Å²) in [5.41, 5.74) is 2.31. The van der Waals surface area contributed by atoms with Crippen LogP contribution >= 0.6 is 0 Å². The molecule has 0 aliphatic heterocycles. The second-order valence-corrected chi connectivity index (χ2v) is 7.68. The van der Waals surface area contributed by atoms with E-state index in [0.29, 0.717) is 11.5 Å². The molecule has 0 bridgehead atoms. The number of nitrogens with one attached hydrogen (secondary N) is 1. The third kappa shape index (κ3) is 4.35. The van der Waals surface area contributed by atoms with Crippen molar-refractivity contribution in [1.29, 1.82) is 0 Å². The average molecular weight is 379 g/mol. The van der Waals surface area contributed by atoms with Gasteiger partial charge in [0.05, 0.1) is 25.2 Å². The van der Waals surface area contributed by atoms with Crippen molar-refractivity contribution in [2.24, 2.45) is 0 Å². The molecule has 2 aromatic rings. The minimum atomic E-state index is -3.69. The van der Waals surface area contributed by atoms with Crippen molar-refractivity contribution >= 4 is 10.0 Å². The molecular weight excluding hydrogens is 354 g/mol. The van der Waals surface area contributed by atoms with Crippen molar-refractivity contribution in [1.82, 2.24) is 4.72 Å². The summed E-state index contributed by atoms with van der Waals surface area (Å²) in [6.07, 6.45) is -0.471. The van der Waals surface area contributed by atoms with E-state index >= 15 is 0 Å². The molecule has 0 heterocycles. The zero-order valence-electron chi connectivity index (χ0n) is 15.7. The fourth-order valence-corrected chi connectivity index (χ4v) is 4.11. The lowest BCUT2D eigenvalue weighted by molar-refractivity contribution is 0.105. The van der Waals surface area contributed by atoms with E-state index in [1.54, 1.807) is 26.4 Å². The number of hydrogen-bond acceptors (Lipinski definition) is 5. The highest BCUT2D eigenvalue weighted by molar-refractivity contribution is 7.89. The number of sulfonamides is 1. The van der Waals surface area contributed by atoms with Crippen LogP contribution in [0.5, 0.6) is 11.5 Å². The number of ether oxygens (including phenoxy) is 3. The number of para-hydroxylation sites is 1. The summed E-state index contributed by atoms with van der Waals surface area (Å²) in [7, 11) is 0.981. The molecule has 2 aromatic carbocycles. The summed E-state index contributed by atoms with van der Waals surface area (Å²) in [4.78, 5) is 0.197. The highest BCUT2D eigenvalue weighted by atomic mass is 32.2. The summed E-state index contributed by atoms with van der Waals surface area (Å²) in [5.74, 6) is 1.34. The summed E-state index contributed by atoms with van der Waals surface area (Å²) < 4.78 is 44.1. The molecule has 1 atom stereocenters. The topological polar surface area (TPSA) is 73.9 Å². The van der Waals surface area contributed by atoms with Gasteiger partial charge in [-0.15, -0.1) is 0 Å². The van der Waals surface area contributed by atoms with E-state index in [9.17, 15) is 8.42 Å². The Morgan fingerprint density at radius 3 is 2.15 bits per heavy atom. The van der Waals surface area contributed by atoms with Crippen molar-refractivity contribution in [3.8, 4) is 11.5 Å². The lowest BCUT2D eigenvalue weighted by atomic mass is 10.1. The van der Waals surface area contributed by atoms with Crippen molar-refractivity contribution in [3.63, 3.8) is 0 Å². The van der Waals surface area contributed by atoms with Crippen LogP contribution < -0.4 is 14.2 Å². The molecular formula is C19H25NO5S. The van der Waals surface area contributed by atoms with Gasteiger partial charge in [-0.1, -0.05) is 18.2 Å². The van der Waals surface area contributed by atoms with Gasteiger partial charge >= 0.3 is 0 Å². The Labute approximate surface area is 155 Å². The van der Waals surface area contributed by atoms with Gasteiger partial charge in [0.2, 0.25) is 10.0 Å². The highest BCUT2D eigenvalue weighted by Crippen LogP contribution is 2.28. The number of methoxy groups -OCH3 is 3. The van der Waals surface area contributed by atoms with Crippen LogP contribution in [0.15, 0.2) is 41.3 Å². The number of benzene rings is 2.